The molecule has 0 spiro atoms. The van der Waals surface area contributed by atoms with E-state index in [1.807, 2.05) is 13.2 Å². The molecule has 2 N–H and O–H groups in total. The first-order chi connectivity index (χ1) is 9.36. The predicted molar refractivity (Wildman–Crippen MR) is 78.0 cm³/mol. The fourth-order valence-corrected chi connectivity index (χ4v) is 2.24. The number of nitrogens with one attached hydrogen (secondary N) is 1. The molecule has 1 aromatic carbocycles. The van der Waals surface area contributed by atoms with E-state index in [-0.39, 0.29) is 17.8 Å². The third-order valence-corrected chi connectivity index (χ3v) is 3.66. The summed E-state index contributed by atoms with van der Waals surface area (Å²) in [6.45, 7) is 1.91. The molecule has 0 fully saturated rings. The molecule has 1 atom stereocenters. The molecular formula is C13H17FN2O3S. The van der Waals surface area contributed by atoms with E-state index in [4.69, 9.17) is 5.11 Å². The summed E-state index contributed by atoms with van der Waals surface area (Å²) >= 11 is 1.62. The van der Waals surface area contributed by atoms with Crippen LogP contribution in [0.1, 0.15) is 17.3 Å². The Morgan fingerprint density at radius 2 is 2.15 bits per heavy atom. The number of rotatable bonds is 5. The molecule has 20 heavy (non-hydrogen) atoms. The summed E-state index contributed by atoms with van der Waals surface area (Å²) in [5.74, 6) is -1.43. The highest BCUT2D eigenvalue weighted by Gasteiger charge is 2.16. The van der Waals surface area contributed by atoms with E-state index >= 15 is 0 Å². The summed E-state index contributed by atoms with van der Waals surface area (Å²) in [7, 11) is 1.65. The number of nitrogens with zero attached hydrogens (tertiary/aromatic N) is 1. The van der Waals surface area contributed by atoms with Gasteiger partial charge < -0.3 is 15.3 Å². The lowest BCUT2D eigenvalue weighted by atomic mass is 10.2. The van der Waals surface area contributed by atoms with Gasteiger partial charge in [0.15, 0.2) is 0 Å². The van der Waals surface area contributed by atoms with Gasteiger partial charge in [-0.25, -0.2) is 14.0 Å². The van der Waals surface area contributed by atoms with E-state index in [1.165, 1.54) is 11.0 Å². The van der Waals surface area contributed by atoms with Crippen LogP contribution in [0.5, 0.6) is 0 Å². The van der Waals surface area contributed by atoms with Crippen LogP contribution in [0.25, 0.3) is 0 Å². The van der Waals surface area contributed by atoms with Gasteiger partial charge in [-0.05, 0) is 31.4 Å². The van der Waals surface area contributed by atoms with Crippen molar-refractivity contribution >= 4 is 29.4 Å². The second-order valence-electron chi connectivity index (χ2n) is 4.35. The number of carboxylic acids is 1. The number of aromatic carboxylic acids is 1. The molecule has 1 aromatic rings. The van der Waals surface area contributed by atoms with Crippen molar-refractivity contribution < 1.29 is 19.1 Å². The van der Waals surface area contributed by atoms with Crippen molar-refractivity contribution in [1.82, 2.24) is 4.90 Å². The topological polar surface area (TPSA) is 69.6 Å². The lowest BCUT2D eigenvalue weighted by Crippen LogP contribution is -2.39. The quantitative estimate of drug-likeness (QED) is 0.877. The van der Waals surface area contributed by atoms with E-state index in [9.17, 15) is 14.0 Å². The van der Waals surface area contributed by atoms with Crippen molar-refractivity contribution in [3.8, 4) is 0 Å². The summed E-state index contributed by atoms with van der Waals surface area (Å²) in [6, 6.07) is 3.15. The SMILES string of the molecule is CSCC(C)N(C)C(=O)Nc1ccc(C(=O)O)c(F)c1. The highest BCUT2D eigenvalue weighted by Crippen LogP contribution is 2.15. The van der Waals surface area contributed by atoms with Gasteiger partial charge >= 0.3 is 12.0 Å². The Balaban J connectivity index is 2.76. The van der Waals surface area contributed by atoms with Crippen LogP contribution in [0.3, 0.4) is 0 Å². The van der Waals surface area contributed by atoms with Crippen molar-refractivity contribution in [2.45, 2.75) is 13.0 Å². The van der Waals surface area contributed by atoms with Gasteiger partial charge in [0.25, 0.3) is 0 Å². The zero-order chi connectivity index (χ0) is 15.3. The molecule has 0 bridgehead atoms. The molecule has 0 radical (unpaired) electrons. The van der Waals surface area contributed by atoms with Crippen molar-refractivity contribution in [2.75, 3.05) is 24.4 Å². The van der Waals surface area contributed by atoms with E-state index in [0.717, 1.165) is 17.9 Å². The molecule has 0 aliphatic heterocycles. The second-order valence-corrected chi connectivity index (χ2v) is 5.26. The monoisotopic (exact) mass is 300 g/mol. The lowest BCUT2D eigenvalue weighted by molar-refractivity contribution is 0.0692. The number of hydrogen-bond donors (Lipinski definition) is 2. The zero-order valence-corrected chi connectivity index (χ0v) is 12.3. The Morgan fingerprint density at radius 3 is 2.65 bits per heavy atom. The van der Waals surface area contributed by atoms with Crippen molar-refractivity contribution in [3.63, 3.8) is 0 Å². The number of hydrogen-bond acceptors (Lipinski definition) is 3. The molecule has 7 heteroatoms. The minimum atomic E-state index is -1.34. The van der Waals surface area contributed by atoms with Crippen LogP contribution in [0, 0.1) is 5.82 Å². The maximum absolute atomic E-state index is 13.5. The Bertz CT molecular complexity index is 510. The van der Waals surface area contributed by atoms with Gasteiger partial charge in [0.1, 0.15) is 5.82 Å². The normalized spacial score (nSPS) is 11.8. The Morgan fingerprint density at radius 1 is 1.50 bits per heavy atom. The minimum Gasteiger partial charge on any atom is -0.478 e. The first-order valence-electron chi connectivity index (χ1n) is 5.92. The number of amides is 2. The van der Waals surface area contributed by atoms with Crippen LogP contribution >= 0.6 is 11.8 Å². The van der Waals surface area contributed by atoms with Crippen molar-refractivity contribution in [3.05, 3.63) is 29.6 Å². The van der Waals surface area contributed by atoms with Crippen molar-refractivity contribution in [2.24, 2.45) is 0 Å². The van der Waals surface area contributed by atoms with Crippen LogP contribution < -0.4 is 5.32 Å². The molecule has 0 aromatic heterocycles. The van der Waals surface area contributed by atoms with E-state index in [2.05, 4.69) is 5.32 Å². The van der Waals surface area contributed by atoms with Crippen LogP contribution in [-0.2, 0) is 0 Å². The highest BCUT2D eigenvalue weighted by atomic mass is 32.2. The number of carboxylic acid groups (broad SMARTS) is 1. The number of halogens is 1. The minimum absolute atomic E-state index is 0.0353. The standard InChI is InChI=1S/C13H17FN2O3S/c1-8(7-20-3)16(2)13(19)15-9-4-5-10(12(17)18)11(14)6-9/h4-6,8H,7H2,1-3H3,(H,15,19)(H,17,18). The summed E-state index contributed by atoms with van der Waals surface area (Å²) in [5.41, 5.74) is -0.201. The Hall–Kier alpha value is -1.76. The third-order valence-electron chi connectivity index (χ3n) is 2.84. The van der Waals surface area contributed by atoms with Crippen LogP contribution in [0.15, 0.2) is 18.2 Å². The second kappa shape index (κ2) is 7.14. The fraction of sp³-hybridized carbons (Fsp3) is 0.385. The smallest absolute Gasteiger partial charge is 0.338 e. The molecule has 0 aliphatic carbocycles. The molecule has 2 amide bonds. The highest BCUT2D eigenvalue weighted by molar-refractivity contribution is 7.98. The van der Waals surface area contributed by atoms with Gasteiger partial charge in [0.05, 0.1) is 5.56 Å². The first kappa shape index (κ1) is 16.3. The third kappa shape index (κ3) is 4.12. The molecule has 1 rings (SSSR count). The number of benzene rings is 1. The zero-order valence-electron chi connectivity index (χ0n) is 11.5. The Labute approximate surface area is 121 Å². The number of urea groups is 1. The maximum atomic E-state index is 13.5. The number of carbonyl (C=O) groups excluding carboxylic acids is 1. The van der Waals surface area contributed by atoms with Gasteiger partial charge in [0.2, 0.25) is 0 Å². The summed E-state index contributed by atoms with van der Waals surface area (Å²) in [4.78, 5) is 24.1. The lowest BCUT2D eigenvalue weighted by Gasteiger charge is -2.24. The maximum Gasteiger partial charge on any atom is 0.338 e. The largest absolute Gasteiger partial charge is 0.478 e. The van der Waals surface area contributed by atoms with Gasteiger partial charge in [0, 0.05) is 24.5 Å². The first-order valence-corrected chi connectivity index (χ1v) is 7.31. The van der Waals surface area contributed by atoms with Crippen molar-refractivity contribution in [1.29, 1.82) is 0 Å². The fourth-order valence-electron chi connectivity index (χ4n) is 1.53. The predicted octanol–water partition coefficient (Wildman–Crippen LogP) is 2.74. The molecule has 5 nitrogen and oxygen atoms in total. The van der Waals surface area contributed by atoms with E-state index < -0.39 is 17.3 Å². The molecule has 0 aliphatic rings. The molecule has 0 saturated carbocycles. The van der Waals surface area contributed by atoms with E-state index in [1.54, 1.807) is 18.8 Å². The van der Waals surface area contributed by atoms with Gasteiger partial charge in [-0.2, -0.15) is 11.8 Å². The van der Waals surface area contributed by atoms with Crippen LogP contribution in [-0.4, -0.2) is 47.1 Å². The van der Waals surface area contributed by atoms with E-state index in [0.29, 0.717) is 0 Å². The summed E-state index contributed by atoms with van der Waals surface area (Å²) in [6.07, 6.45) is 1.95. The van der Waals surface area contributed by atoms with Gasteiger partial charge in [-0.3, -0.25) is 0 Å². The average molecular weight is 300 g/mol. The molecule has 0 heterocycles. The van der Waals surface area contributed by atoms with Gasteiger partial charge in [-0.1, -0.05) is 0 Å². The molecule has 0 saturated heterocycles. The molecular weight excluding hydrogens is 283 g/mol. The number of anilines is 1. The number of carbonyl (C=O) groups is 2. The van der Waals surface area contributed by atoms with Crippen LogP contribution in [0.2, 0.25) is 0 Å². The number of thioether (sulfide) groups is 1. The van der Waals surface area contributed by atoms with Gasteiger partial charge in [-0.15, -0.1) is 0 Å². The summed E-state index contributed by atoms with van der Waals surface area (Å²) < 4.78 is 13.5. The molecule has 110 valence electrons. The van der Waals surface area contributed by atoms with Crippen LogP contribution in [0.4, 0.5) is 14.9 Å². The average Bonchev–Trinajstić information content (AvgIpc) is 2.37. The Kier molecular flexibility index (Phi) is 5.82. The molecule has 1 unspecified atom stereocenters. The summed E-state index contributed by atoms with van der Waals surface area (Å²) in [5, 5.41) is 11.3.